The molecule has 1 N–H and O–H groups in total. The number of para-hydroxylation sites is 1. The van der Waals surface area contributed by atoms with Crippen molar-refractivity contribution in [3.8, 4) is 0 Å². The lowest BCUT2D eigenvalue weighted by atomic mass is 9.63. The molecular formula is C21H19N3O2. The van der Waals surface area contributed by atoms with Crippen molar-refractivity contribution in [1.82, 2.24) is 9.99 Å². The number of carbonyl (C=O) groups excluding carboxylic acids is 2. The number of aromatic nitrogens is 1. The zero-order valence-corrected chi connectivity index (χ0v) is 14.4. The van der Waals surface area contributed by atoms with Crippen molar-refractivity contribution in [2.24, 2.45) is 40.6 Å². The number of hydrogen-bond acceptors (Lipinski definition) is 3. The fourth-order valence-corrected chi connectivity index (χ4v) is 5.64. The van der Waals surface area contributed by atoms with E-state index in [1.165, 1.54) is 6.42 Å². The van der Waals surface area contributed by atoms with Crippen LogP contribution >= 0.6 is 0 Å². The number of imide groups is 1. The number of hydrazone groups is 1. The normalized spacial score (nSPS) is 37.0. The van der Waals surface area contributed by atoms with Crippen molar-refractivity contribution in [3.05, 3.63) is 47.7 Å². The number of carbonyl (C=O) groups is 2. The second kappa shape index (κ2) is 4.72. The maximum atomic E-state index is 13.0. The van der Waals surface area contributed by atoms with Crippen LogP contribution in [0.5, 0.6) is 0 Å². The fraction of sp³-hybridized carbons (Fsp3) is 0.381. The molecule has 1 aliphatic heterocycles. The molecule has 0 spiro atoms. The van der Waals surface area contributed by atoms with Crippen LogP contribution < -0.4 is 0 Å². The standard InChI is InChI=1S/C21H19N3O2/c1-10-16(11-4-2-3-5-17(11)23-10)9-22-24-20(25)18-12-6-7-13(15-8-14(12)15)19(18)21(24)26/h2-7,9,12-15,18-19,23H,8H2,1H3/b22-9-/t12-,13-,14-,15-,18+,19+/m1/s1. The molecule has 3 fully saturated rings. The number of nitrogens with one attached hydrogen (secondary N) is 1. The van der Waals surface area contributed by atoms with Crippen molar-refractivity contribution in [2.75, 3.05) is 0 Å². The Balaban J connectivity index is 1.36. The number of nitrogens with zero attached hydrogens (tertiary/aromatic N) is 2. The van der Waals surface area contributed by atoms with Crippen molar-refractivity contribution >= 4 is 28.9 Å². The fourth-order valence-electron chi connectivity index (χ4n) is 5.64. The topological polar surface area (TPSA) is 65.5 Å². The average Bonchev–Trinajstić information content (AvgIpc) is 3.36. The number of hydrogen-bond donors (Lipinski definition) is 1. The third kappa shape index (κ3) is 1.68. The molecule has 2 saturated carbocycles. The summed E-state index contributed by atoms with van der Waals surface area (Å²) in [6, 6.07) is 7.98. The molecule has 2 heterocycles. The zero-order valence-electron chi connectivity index (χ0n) is 14.4. The summed E-state index contributed by atoms with van der Waals surface area (Å²) in [5.74, 6) is 1.09. The molecule has 5 aliphatic rings. The Morgan fingerprint density at radius 3 is 2.42 bits per heavy atom. The molecule has 5 nitrogen and oxygen atoms in total. The highest BCUT2D eigenvalue weighted by molar-refractivity contribution is 6.07. The Hall–Kier alpha value is -2.69. The van der Waals surface area contributed by atoms with Gasteiger partial charge in [-0.2, -0.15) is 10.1 Å². The number of fused-ring (bicyclic) bond motifs is 1. The van der Waals surface area contributed by atoms with Crippen LogP contribution in [-0.2, 0) is 9.59 Å². The van der Waals surface area contributed by atoms with Crippen LogP contribution in [0.1, 0.15) is 17.7 Å². The summed E-state index contributed by atoms with van der Waals surface area (Å²) < 4.78 is 0. The number of benzene rings is 1. The predicted octanol–water partition coefficient (Wildman–Crippen LogP) is 2.86. The first-order chi connectivity index (χ1) is 12.6. The van der Waals surface area contributed by atoms with Gasteiger partial charge in [-0.15, -0.1) is 0 Å². The van der Waals surface area contributed by atoms with Gasteiger partial charge in [-0.05, 0) is 43.1 Å². The van der Waals surface area contributed by atoms with Crippen LogP contribution in [0.15, 0.2) is 41.5 Å². The van der Waals surface area contributed by atoms with Gasteiger partial charge in [-0.3, -0.25) is 9.59 Å². The lowest BCUT2D eigenvalue weighted by Gasteiger charge is -2.37. The molecule has 0 radical (unpaired) electrons. The maximum absolute atomic E-state index is 13.0. The Morgan fingerprint density at radius 1 is 1.08 bits per heavy atom. The van der Waals surface area contributed by atoms with E-state index in [1.807, 2.05) is 31.2 Å². The molecule has 2 amide bonds. The highest BCUT2D eigenvalue weighted by Gasteiger charge is 2.67. The van der Waals surface area contributed by atoms with Gasteiger partial charge in [-0.1, -0.05) is 30.4 Å². The summed E-state index contributed by atoms with van der Waals surface area (Å²) in [4.78, 5) is 29.2. The van der Waals surface area contributed by atoms with Gasteiger partial charge in [0, 0.05) is 22.2 Å². The quantitative estimate of drug-likeness (QED) is 0.517. The molecule has 2 aromatic rings. The SMILES string of the molecule is Cc1[nH]c2ccccc2c1/C=N\N1C(=O)[C@H]2[C@@H]3C=C[C@H]([C@H]4C[C@H]34)[C@@H]2C1=O. The van der Waals surface area contributed by atoms with Gasteiger partial charge < -0.3 is 4.98 Å². The predicted molar refractivity (Wildman–Crippen MR) is 97.2 cm³/mol. The minimum atomic E-state index is -0.192. The number of rotatable bonds is 2. The van der Waals surface area contributed by atoms with E-state index in [0.717, 1.165) is 27.2 Å². The van der Waals surface area contributed by atoms with E-state index in [1.54, 1.807) is 6.21 Å². The Bertz CT molecular complexity index is 997. The Kier molecular flexibility index (Phi) is 2.63. The van der Waals surface area contributed by atoms with Crippen molar-refractivity contribution in [1.29, 1.82) is 0 Å². The second-order valence-electron chi connectivity index (χ2n) is 8.10. The van der Waals surface area contributed by atoms with E-state index in [4.69, 9.17) is 0 Å². The van der Waals surface area contributed by atoms with E-state index in [9.17, 15) is 9.59 Å². The van der Waals surface area contributed by atoms with Gasteiger partial charge in [-0.25, -0.2) is 0 Å². The number of H-pyrrole nitrogens is 1. The summed E-state index contributed by atoms with van der Waals surface area (Å²) in [6.07, 6.45) is 7.20. The Labute approximate surface area is 150 Å². The monoisotopic (exact) mass is 345 g/mol. The number of aryl methyl sites for hydroxylation is 1. The lowest BCUT2D eigenvalue weighted by molar-refractivity contribution is -0.140. The molecule has 5 heteroatoms. The molecule has 1 aromatic heterocycles. The minimum absolute atomic E-state index is 0.113. The first-order valence-corrected chi connectivity index (χ1v) is 9.32. The third-order valence-electron chi connectivity index (χ3n) is 6.89. The molecule has 0 unspecified atom stereocenters. The van der Waals surface area contributed by atoms with Crippen LogP contribution in [0.2, 0.25) is 0 Å². The first-order valence-electron chi connectivity index (χ1n) is 9.32. The molecule has 26 heavy (non-hydrogen) atoms. The Morgan fingerprint density at radius 2 is 1.73 bits per heavy atom. The molecule has 2 bridgehead atoms. The number of aromatic amines is 1. The molecule has 4 aliphatic carbocycles. The summed E-state index contributed by atoms with van der Waals surface area (Å²) in [5.41, 5.74) is 2.94. The van der Waals surface area contributed by atoms with Crippen LogP contribution in [-0.4, -0.2) is 28.0 Å². The van der Waals surface area contributed by atoms with Crippen LogP contribution in [0, 0.1) is 42.4 Å². The van der Waals surface area contributed by atoms with Gasteiger partial charge in [0.2, 0.25) is 0 Å². The van der Waals surface area contributed by atoms with Crippen LogP contribution in [0.3, 0.4) is 0 Å². The first kappa shape index (κ1) is 14.5. The second-order valence-corrected chi connectivity index (χ2v) is 8.10. The van der Waals surface area contributed by atoms with Gasteiger partial charge in [0.15, 0.2) is 0 Å². The van der Waals surface area contributed by atoms with E-state index < -0.39 is 0 Å². The van der Waals surface area contributed by atoms with Crippen LogP contribution in [0.25, 0.3) is 10.9 Å². The summed E-state index contributed by atoms with van der Waals surface area (Å²) in [5, 5.41) is 6.56. The summed E-state index contributed by atoms with van der Waals surface area (Å²) >= 11 is 0. The highest BCUT2D eigenvalue weighted by atomic mass is 16.2. The molecule has 1 saturated heterocycles. The van der Waals surface area contributed by atoms with Gasteiger partial charge in [0.1, 0.15) is 0 Å². The summed E-state index contributed by atoms with van der Waals surface area (Å²) in [6.45, 7) is 1.98. The molecule has 1 aromatic carbocycles. The molecular weight excluding hydrogens is 326 g/mol. The number of allylic oxidation sites excluding steroid dienone is 2. The van der Waals surface area contributed by atoms with Crippen molar-refractivity contribution in [2.45, 2.75) is 13.3 Å². The molecule has 7 rings (SSSR count). The maximum Gasteiger partial charge on any atom is 0.254 e. The van der Waals surface area contributed by atoms with E-state index >= 15 is 0 Å². The zero-order chi connectivity index (χ0) is 17.6. The van der Waals surface area contributed by atoms with Gasteiger partial charge >= 0.3 is 0 Å². The van der Waals surface area contributed by atoms with Gasteiger partial charge in [0.25, 0.3) is 11.8 Å². The smallest absolute Gasteiger partial charge is 0.254 e. The summed E-state index contributed by atoms with van der Waals surface area (Å²) in [7, 11) is 0. The van der Waals surface area contributed by atoms with Gasteiger partial charge in [0.05, 0.1) is 18.1 Å². The molecule has 130 valence electrons. The van der Waals surface area contributed by atoms with E-state index in [0.29, 0.717) is 11.8 Å². The lowest BCUT2D eigenvalue weighted by Crippen LogP contribution is -2.40. The van der Waals surface area contributed by atoms with E-state index in [-0.39, 0.29) is 35.5 Å². The highest BCUT2D eigenvalue weighted by Crippen LogP contribution is 2.65. The third-order valence-corrected chi connectivity index (χ3v) is 6.89. The van der Waals surface area contributed by atoms with Crippen LogP contribution in [0.4, 0.5) is 0 Å². The number of amides is 2. The minimum Gasteiger partial charge on any atom is -0.358 e. The average molecular weight is 345 g/mol. The molecule has 6 atom stereocenters. The van der Waals surface area contributed by atoms with Crippen molar-refractivity contribution in [3.63, 3.8) is 0 Å². The largest absolute Gasteiger partial charge is 0.358 e. The van der Waals surface area contributed by atoms with Crippen molar-refractivity contribution < 1.29 is 9.59 Å². The van der Waals surface area contributed by atoms with E-state index in [2.05, 4.69) is 22.2 Å².